The molecule has 0 amide bonds. The van der Waals surface area contributed by atoms with Crippen LogP contribution in [0.4, 0.5) is 4.39 Å². The zero-order valence-electron chi connectivity index (χ0n) is 10.6. The second kappa shape index (κ2) is 5.10. The van der Waals surface area contributed by atoms with Gasteiger partial charge in [-0.1, -0.05) is 12.1 Å². The molecule has 3 aromatic rings. The van der Waals surface area contributed by atoms with Crippen LogP contribution in [0.25, 0.3) is 10.2 Å². The number of aromatic carboxylic acids is 1. The molecule has 0 aliphatic carbocycles. The molecule has 21 heavy (non-hydrogen) atoms. The number of benzene rings is 1. The minimum Gasteiger partial charge on any atom is -0.477 e. The number of hydrogen-bond donors (Lipinski definition) is 2. The molecular weight excluding hydrogens is 295 g/mol. The Kier molecular flexibility index (Phi) is 3.26. The van der Waals surface area contributed by atoms with Crippen molar-refractivity contribution in [3.63, 3.8) is 0 Å². The minimum absolute atomic E-state index is 0.0610. The van der Waals surface area contributed by atoms with Crippen molar-refractivity contribution in [1.82, 2.24) is 9.97 Å². The quantitative estimate of drug-likeness (QED) is 0.778. The van der Waals surface area contributed by atoms with Crippen LogP contribution in [0.1, 0.15) is 21.1 Å². The topological polar surface area (TPSA) is 83.0 Å². The number of rotatable bonds is 3. The van der Waals surface area contributed by atoms with Crippen molar-refractivity contribution in [2.45, 2.75) is 6.42 Å². The Bertz CT molecular complexity index is 901. The first-order chi connectivity index (χ1) is 10.0. The van der Waals surface area contributed by atoms with Crippen molar-refractivity contribution in [3.05, 3.63) is 62.8 Å². The molecular formula is C14H9FN2O3S. The number of thiophene rings is 1. The van der Waals surface area contributed by atoms with Crippen LogP contribution in [0.15, 0.2) is 35.1 Å². The predicted octanol–water partition coefficient (Wildman–Crippen LogP) is 2.41. The molecule has 5 nitrogen and oxygen atoms in total. The zero-order chi connectivity index (χ0) is 15.0. The average Bonchev–Trinajstić information content (AvgIpc) is 2.83. The lowest BCUT2D eigenvalue weighted by Gasteiger charge is -2.01. The molecule has 0 saturated heterocycles. The van der Waals surface area contributed by atoms with Gasteiger partial charge in [0.05, 0.1) is 5.39 Å². The molecule has 0 aliphatic rings. The van der Waals surface area contributed by atoms with Gasteiger partial charge in [0.1, 0.15) is 21.3 Å². The van der Waals surface area contributed by atoms with Gasteiger partial charge < -0.3 is 10.1 Å². The van der Waals surface area contributed by atoms with Gasteiger partial charge in [-0.15, -0.1) is 11.3 Å². The van der Waals surface area contributed by atoms with E-state index in [1.54, 1.807) is 12.1 Å². The third-order valence-corrected chi connectivity index (χ3v) is 3.94. The van der Waals surface area contributed by atoms with Crippen LogP contribution in [0, 0.1) is 5.82 Å². The lowest BCUT2D eigenvalue weighted by atomic mass is 10.1. The van der Waals surface area contributed by atoms with E-state index in [0.29, 0.717) is 16.2 Å². The molecule has 0 spiro atoms. The maximum absolute atomic E-state index is 13.1. The Morgan fingerprint density at radius 3 is 2.90 bits per heavy atom. The summed E-state index contributed by atoms with van der Waals surface area (Å²) in [6.07, 6.45) is 0.267. The van der Waals surface area contributed by atoms with Gasteiger partial charge in [-0.2, -0.15) is 0 Å². The molecule has 0 radical (unpaired) electrons. The van der Waals surface area contributed by atoms with E-state index in [9.17, 15) is 14.0 Å². The predicted molar refractivity (Wildman–Crippen MR) is 76.4 cm³/mol. The number of halogens is 1. The summed E-state index contributed by atoms with van der Waals surface area (Å²) in [5, 5.41) is 9.19. The third kappa shape index (κ3) is 2.68. The Balaban J connectivity index is 2.04. The summed E-state index contributed by atoms with van der Waals surface area (Å²) in [5.74, 6) is -1.08. The zero-order valence-corrected chi connectivity index (χ0v) is 11.4. The van der Waals surface area contributed by atoms with Crippen LogP contribution in [0.2, 0.25) is 0 Å². The monoisotopic (exact) mass is 304 g/mol. The fraction of sp³-hybridized carbons (Fsp3) is 0.0714. The van der Waals surface area contributed by atoms with Crippen molar-refractivity contribution >= 4 is 27.5 Å². The van der Waals surface area contributed by atoms with E-state index in [1.807, 2.05) is 0 Å². The summed E-state index contributed by atoms with van der Waals surface area (Å²) < 4.78 is 13.1. The van der Waals surface area contributed by atoms with Crippen LogP contribution in [-0.2, 0) is 6.42 Å². The first-order valence-electron chi connectivity index (χ1n) is 6.03. The lowest BCUT2D eigenvalue weighted by molar-refractivity contribution is 0.0702. The highest BCUT2D eigenvalue weighted by Gasteiger charge is 2.13. The summed E-state index contributed by atoms with van der Waals surface area (Å²) >= 11 is 0.943. The van der Waals surface area contributed by atoms with E-state index in [1.165, 1.54) is 18.2 Å². The van der Waals surface area contributed by atoms with E-state index < -0.39 is 11.5 Å². The van der Waals surface area contributed by atoms with E-state index in [0.717, 1.165) is 11.3 Å². The number of hydrogen-bond acceptors (Lipinski definition) is 4. The molecule has 106 valence electrons. The fourth-order valence-electron chi connectivity index (χ4n) is 2.01. The maximum Gasteiger partial charge on any atom is 0.345 e. The molecule has 2 aromatic heterocycles. The highest BCUT2D eigenvalue weighted by molar-refractivity contribution is 7.20. The van der Waals surface area contributed by atoms with Crippen LogP contribution >= 0.6 is 11.3 Å². The number of nitrogens with one attached hydrogen (secondary N) is 1. The van der Waals surface area contributed by atoms with Gasteiger partial charge in [-0.25, -0.2) is 14.2 Å². The van der Waals surface area contributed by atoms with Crippen molar-refractivity contribution in [2.75, 3.05) is 0 Å². The number of fused-ring (bicyclic) bond motifs is 1. The second-order valence-electron chi connectivity index (χ2n) is 4.45. The molecule has 0 saturated carbocycles. The van der Waals surface area contributed by atoms with Gasteiger partial charge in [0.2, 0.25) is 0 Å². The van der Waals surface area contributed by atoms with E-state index >= 15 is 0 Å². The summed E-state index contributed by atoms with van der Waals surface area (Å²) in [6, 6.07) is 7.31. The van der Waals surface area contributed by atoms with Gasteiger partial charge in [-0.05, 0) is 23.8 Å². The average molecular weight is 304 g/mol. The summed E-state index contributed by atoms with van der Waals surface area (Å²) in [6.45, 7) is 0. The number of aromatic nitrogens is 2. The Morgan fingerprint density at radius 1 is 1.38 bits per heavy atom. The van der Waals surface area contributed by atoms with Gasteiger partial charge in [-0.3, -0.25) is 4.79 Å². The highest BCUT2D eigenvalue weighted by atomic mass is 32.1. The normalized spacial score (nSPS) is 10.9. The molecule has 0 aliphatic heterocycles. The number of aromatic amines is 1. The standard InChI is InChI=1S/C14H9FN2O3S/c15-8-3-1-2-7(4-8)5-11-16-12(18)9-6-10(14(19)20)21-13(9)17-11/h1-4,6H,5H2,(H,19,20)(H,16,17,18). The lowest BCUT2D eigenvalue weighted by Crippen LogP contribution is -2.11. The van der Waals surface area contributed by atoms with Crippen molar-refractivity contribution < 1.29 is 14.3 Å². The summed E-state index contributed by atoms with van der Waals surface area (Å²) in [4.78, 5) is 30.1. The van der Waals surface area contributed by atoms with Gasteiger partial charge in [0.15, 0.2) is 0 Å². The first-order valence-corrected chi connectivity index (χ1v) is 6.85. The second-order valence-corrected chi connectivity index (χ2v) is 5.48. The third-order valence-electron chi connectivity index (χ3n) is 2.92. The van der Waals surface area contributed by atoms with Crippen LogP contribution < -0.4 is 5.56 Å². The van der Waals surface area contributed by atoms with Crippen molar-refractivity contribution in [2.24, 2.45) is 0 Å². The first kappa shape index (κ1) is 13.4. The van der Waals surface area contributed by atoms with Gasteiger partial charge >= 0.3 is 5.97 Å². The molecule has 0 bridgehead atoms. The molecule has 0 fully saturated rings. The summed E-state index contributed by atoms with van der Waals surface area (Å²) in [5.41, 5.74) is 0.280. The van der Waals surface area contributed by atoms with Crippen molar-refractivity contribution in [3.8, 4) is 0 Å². The summed E-state index contributed by atoms with van der Waals surface area (Å²) in [7, 11) is 0. The number of carboxylic acids is 1. The molecule has 0 unspecified atom stereocenters. The van der Waals surface area contributed by atoms with Crippen LogP contribution in [-0.4, -0.2) is 21.0 Å². The van der Waals surface area contributed by atoms with E-state index in [2.05, 4.69) is 9.97 Å². The number of H-pyrrole nitrogens is 1. The Morgan fingerprint density at radius 2 is 2.19 bits per heavy atom. The van der Waals surface area contributed by atoms with Gasteiger partial charge in [0.25, 0.3) is 5.56 Å². The Hall–Kier alpha value is -2.54. The smallest absolute Gasteiger partial charge is 0.345 e. The van der Waals surface area contributed by atoms with Crippen LogP contribution in [0.5, 0.6) is 0 Å². The number of carbonyl (C=O) groups is 1. The maximum atomic E-state index is 13.1. The minimum atomic E-state index is -1.09. The molecule has 3 rings (SSSR count). The largest absolute Gasteiger partial charge is 0.477 e. The molecule has 7 heteroatoms. The molecule has 1 aromatic carbocycles. The number of carboxylic acid groups (broad SMARTS) is 1. The molecule has 2 heterocycles. The SMILES string of the molecule is O=C(O)c1cc2c(=O)[nH]c(Cc3cccc(F)c3)nc2s1. The van der Waals surface area contributed by atoms with E-state index in [4.69, 9.17) is 5.11 Å². The highest BCUT2D eigenvalue weighted by Crippen LogP contribution is 2.21. The Labute approximate surface area is 121 Å². The number of nitrogens with zero attached hydrogens (tertiary/aromatic N) is 1. The van der Waals surface area contributed by atoms with Crippen molar-refractivity contribution in [1.29, 1.82) is 0 Å². The molecule has 0 atom stereocenters. The molecule has 2 N–H and O–H groups in total. The fourth-order valence-corrected chi connectivity index (χ4v) is 2.90. The van der Waals surface area contributed by atoms with E-state index in [-0.39, 0.29) is 22.5 Å². The van der Waals surface area contributed by atoms with Gasteiger partial charge in [0, 0.05) is 6.42 Å². The van der Waals surface area contributed by atoms with Crippen LogP contribution in [0.3, 0.4) is 0 Å².